The molecule has 0 aliphatic carbocycles. The third-order valence-electron chi connectivity index (χ3n) is 2.64. The standard InChI is InChI=1S/C13H13N3O4/c1-2-20-13(18)11(16-19)7-10-12(17)15-9-6-4-3-5-8(9)14-10/h3-6,19H,2,7H2,1H3,(H,15,17)/b16-11-. The van der Waals surface area contributed by atoms with E-state index >= 15 is 0 Å². The van der Waals surface area contributed by atoms with E-state index in [9.17, 15) is 9.59 Å². The molecule has 0 aliphatic heterocycles. The van der Waals surface area contributed by atoms with Gasteiger partial charge in [-0.3, -0.25) is 4.79 Å². The number of carbonyl (C=O) groups excluding carboxylic acids is 1. The molecule has 0 fully saturated rings. The first-order valence-electron chi connectivity index (χ1n) is 6.01. The number of fused-ring (bicyclic) bond motifs is 1. The molecule has 2 rings (SSSR count). The number of aromatic amines is 1. The highest BCUT2D eigenvalue weighted by molar-refractivity contribution is 6.36. The van der Waals surface area contributed by atoms with Gasteiger partial charge in [0.1, 0.15) is 5.69 Å². The minimum atomic E-state index is -0.774. The molecule has 0 unspecified atom stereocenters. The number of ether oxygens (including phenoxy) is 1. The predicted molar refractivity (Wildman–Crippen MR) is 71.9 cm³/mol. The Morgan fingerprint density at radius 1 is 1.45 bits per heavy atom. The lowest BCUT2D eigenvalue weighted by Crippen LogP contribution is -2.25. The lowest BCUT2D eigenvalue weighted by Gasteiger charge is -2.04. The number of esters is 1. The van der Waals surface area contributed by atoms with E-state index in [0.29, 0.717) is 11.0 Å². The van der Waals surface area contributed by atoms with Gasteiger partial charge in [-0.25, -0.2) is 9.78 Å². The van der Waals surface area contributed by atoms with Gasteiger partial charge < -0.3 is 14.9 Å². The van der Waals surface area contributed by atoms with Gasteiger partial charge in [0.2, 0.25) is 0 Å². The summed E-state index contributed by atoms with van der Waals surface area (Å²) < 4.78 is 4.72. The lowest BCUT2D eigenvalue weighted by atomic mass is 10.2. The predicted octanol–water partition coefficient (Wildman–Crippen LogP) is 0.859. The molecule has 7 nitrogen and oxygen atoms in total. The zero-order chi connectivity index (χ0) is 14.5. The van der Waals surface area contributed by atoms with Crippen molar-refractivity contribution in [3.8, 4) is 0 Å². The van der Waals surface area contributed by atoms with Crippen molar-refractivity contribution in [1.82, 2.24) is 9.97 Å². The number of hydrogen-bond donors (Lipinski definition) is 2. The van der Waals surface area contributed by atoms with Crippen LogP contribution in [0.1, 0.15) is 12.6 Å². The average molecular weight is 275 g/mol. The van der Waals surface area contributed by atoms with Crippen LogP contribution in [0.3, 0.4) is 0 Å². The quantitative estimate of drug-likeness (QED) is 0.372. The number of benzene rings is 1. The van der Waals surface area contributed by atoms with Crippen LogP contribution >= 0.6 is 0 Å². The summed E-state index contributed by atoms with van der Waals surface area (Å²) in [6, 6.07) is 7.01. The molecule has 0 atom stereocenters. The zero-order valence-electron chi connectivity index (χ0n) is 10.8. The molecule has 0 aliphatic rings. The maximum absolute atomic E-state index is 11.9. The molecule has 20 heavy (non-hydrogen) atoms. The Morgan fingerprint density at radius 2 is 2.20 bits per heavy atom. The third-order valence-corrected chi connectivity index (χ3v) is 2.64. The second-order valence-electron chi connectivity index (χ2n) is 3.97. The van der Waals surface area contributed by atoms with Crippen molar-refractivity contribution in [3.05, 3.63) is 40.3 Å². The molecule has 0 radical (unpaired) electrons. The number of carbonyl (C=O) groups is 1. The summed E-state index contributed by atoms with van der Waals surface area (Å²) in [4.78, 5) is 30.2. The largest absolute Gasteiger partial charge is 0.461 e. The summed E-state index contributed by atoms with van der Waals surface area (Å²) in [6.45, 7) is 1.79. The molecule has 1 aromatic carbocycles. The van der Waals surface area contributed by atoms with Crippen LogP contribution in [0.5, 0.6) is 0 Å². The number of oxime groups is 1. The monoisotopic (exact) mass is 275 g/mol. The maximum Gasteiger partial charge on any atom is 0.356 e. The van der Waals surface area contributed by atoms with Crippen molar-refractivity contribution in [2.75, 3.05) is 6.61 Å². The second-order valence-corrected chi connectivity index (χ2v) is 3.97. The van der Waals surface area contributed by atoms with Crippen LogP contribution in [0.4, 0.5) is 0 Å². The molecular weight excluding hydrogens is 262 g/mol. The summed E-state index contributed by atoms with van der Waals surface area (Å²) in [5.74, 6) is -0.774. The van der Waals surface area contributed by atoms with Crippen LogP contribution in [0.15, 0.2) is 34.2 Å². The normalized spacial score (nSPS) is 11.6. The van der Waals surface area contributed by atoms with Gasteiger partial charge in [-0.1, -0.05) is 17.3 Å². The summed E-state index contributed by atoms with van der Waals surface area (Å²) >= 11 is 0. The molecule has 1 heterocycles. The minimum absolute atomic E-state index is 0.0875. The number of H-pyrrole nitrogens is 1. The number of para-hydroxylation sites is 2. The summed E-state index contributed by atoms with van der Waals surface area (Å²) in [5, 5.41) is 11.7. The van der Waals surface area contributed by atoms with E-state index in [1.54, 1.807) is 31.2 Å². The van der Waals surface area contributed by atoms with Crippen molar-refractivity contribution in [1.29, 1.82) is 0 Å². The van der Waals surface area contributed by atoms with E-state index in [4.69, 9.17) is 9.94 Å². The molecular formula is C13H13N3O4. The van der Waals surface area contributed by atoms with Gasteiger partial charge in [-0.15, -0.1) is 0 Å². The molecule has 2 N–H and O–H groups in total. The highest BCUT2D eigenvalue weighted by atomic mass is 16.5. The van der Waals surface area contributed by atoms with Gasteiger partial charge in [-0.2, -0.15) is 0 Å². The van der Waals surface area contributed by atoms with E-state index in [2.05, 4.69) is 15.1 Å². The Morgan fingerprint density at radius 3 is 2.90 bits per heavy atom. The smallest absolute Gasteiger partial charge is 0.356 e. The summed E-state index contributed by atoms with van der Waals surface area (Å²) in [5.41, 5.74) is 0.571. The Kier molecular flexibility index (Phi) is 4.09. The fourth-order valence-corrected chi connectivity index (χ4v) is 1.71. The van der Waals surface area contributed by atoms with Crippen LogP contribution < -0.4 is 5.56 Å². The molecule has 0 saturated carbocycles. The van der Waals surface area contributed by atoms with E-state index in [-0.39, 0.29) is 24.4 Å². The van der Waals surface area contributed by atoms with Gasteiger partial charge in [-0.05, 0) is 19.1 Å². The van der Waals surface area contributed by atoms with Crippen molar-refractivity contribution < 1.29 is 14.7 Å². The summed E-state index contributed by atoms with van der Waals surface area (Å²) in [7, 11) is 0. The molecule has 7 heteroatoms. The highest BCUT2D eigenvalue weighted by Gasteiger charge is 2.17. The fourth-order valence-electron chi connectivity index (χ4n) is 1.71. The van der Waals surface area contributed by atoms with Gasteiger partial charge >= 0.3 is 5.97 Å². The first-order valence-corrected chi connectivity index (χ1v) is 6.01. The third kappa shape index (κ3) is 2.82. The van der Waals surface area contributed by atoms with Gasteiger partial charge in [0.15, 0.2) is 5.71 Å². The highest BCUT2D eigenvalue weighted by Crippen LogP contribution is 2.06. The number of nitrogens with zero attached hydrogens (tertiary/aromatic N) is 2. The van der Waals surface area contributed by atoms with E-state index in [0.717, 1.165) is 0 Å². The topological polar surface area (TPSA) is 105 Å². The zero-order valence-corrected chi connectivity index (χ0v) is 10.8. The number of aromatic nitrogens is 2. The van der Waals surface area contributed by atoms with Crippen molar-refractivity contribution in [2.45, 2.75) is 13.3 Å². The van der Waals surface area contributed by atoms with Crippen molar-refractivity contribution in [3.63, 3.8) is 0 Å². The molecule has 104 valence electrons. The Hall–Kier alpha value is -2.70. The Labute approximate surface area is 113 Å². The van der Waals surface area contributed by atoms with Crippen LogP contribution in [-0.2, 0) is 16.0 Å². The van der Waals surface area contributed by atoms with Crippen LogP contribution in [0.2, 0.25) is 0 Å². The first-order chi connectivity index (χ1) is 9.65. The molecule has 0 amide bonds. The Bertz CT molecular complexity index is 721. The summed E-state index contributed by atoms with van der Waals surface area (Å²) in [6.07, 6.45) is -0.199. The van der Waals surface area contributed by atoms with Gasteiger partial charge in [0, 0.05) is 6.42 Å². The van der Waals surface area contributed by atoms with Crippen LogP contribution in [-0.4, -0.2) is 33.5 Å². The molecule has 0 saturated heterocycles. The van der Waals surface area contributed by atoms with Crippen LogP contribution in [0, 0.1) is 0 Å². The fraction of sp³-hybridized carbons (Fsp3) is 0.231. The Balaban J connectivity index is 2.36. The average Bonchev–Trinajstić information content (AvgIpc) is 2.45. The van der Waals surface area contributed by atoms with E-state index < -0.39 is 11.5 Å². The minimum Gasteiger partial charge on any atom is -0.461 e. The van der Waals surface area contributed by atoms with Crippen LogP contribution in [0.25, 0.3) is 11.0 Å². The first kappa shape index (κ1) is 13.7. The molecule has 0 spiro atoms. The number of hydrogen-bond acceptors (Lipinski definition) is 6. The van der Waals surface area contributed by atoms with E-state index in [1.165, 1.54) is 0 Å². The van der Waals surface area contributed by atoms with Crippen molar-refractivity contribution >= 4 is 22.7 Å². The lowest BCUT2D eigenvalue weighted by molar-refractivity contribution is -0.135. The SMILES string of the molecule is CCOC(=O)/C(Cc1nc2ccccc2[nH]c1=O)=N\O. The second kappa shape index (κ2) is 5.96. The van der Waals surface area contributed by atoms with E-state index in [1.807, 2.05) is 0 Å². The molecule has 0 bridgehead atoms. The maximum atomic E-state index is 11.9. The molecule has 2 aromatic rings. The van der Waals surface area contributed by atoms with Crippen molar-refractivity contribution in [2.24, 2.45) is 5.16 Å². The number of nitrogens with one attached hydrogen (secondary N) is 1. The van der Waals surface area contributed by atoms with Gasteiger partial charge in [0.25, 0.3) is 5.56 Å². The number of rotatable bonds is 4. The van der Waals surface area contributed by atoms with Gasteiger partial charge in [0.05, 0.1) is 17.6 Å². The molecule has 1 aromatic heterocycles.